The molecule has 0 amide bonds. The summed E-state index contributed by atoms with van der Waals surface area (Å²) < 4.78 is 0. The molecule has 0 radical (unpaired) electrons. The smallest absolute Gasteiger partial charge is 0.0447 e. The molecule has 2 rings (SSSR count). The van der Waals surface area contributed by atoms with Crippen LogP contribution in [0, 0.1) is 0 Å². The summed E-state index contributed by atoms with van der Waals surface area (Å²) >= 11 is 0. The molecule has 0 aliphatic heterocycles. The number of hydrazine groups is 2. The summed E-state index contributed by atoms with van der Waals surface area (Å²) in [5.41, 5.74) is 12.1. The van der Waals surface area contributed by atoms with Gasteiger partial charge in [-0.25, -0.2) is 10.9 Å². The van der Waals surface area contributed by atoms with Crippen molar-refractivity contribution >= 4 is 0 Å². The molecule has 0 heterocycles. The normalized spacial score (nSPS) is 14.0. The molecule has 0 fully saturated rings. The van der Waals surface area contributed by atoms with Crippen LogP contribution in [0.5, 0.6) is 0 Å². The summed E-state index contributed by atoms with van der Waals surface area (Å²) in [5.74, 6) is 0. The van der Waals surface area contributed by atoms with Crippen LogP contribution in [0.4, 0.5) is 0 Å². The van der Waals surface area contributed by atoms with Crippen molar-refractivity contribution in [1.82, 2.24) is 16.4 Å². The lowest BCUT2D eigenvalue weighted by molar-refractivity contribution is 0.355. The first kappa shape index (κ1) is 13.7. The van der Waals surface area contributed by atoms with Crippen molar-refractivity contribution in [3.05, 3.63) is 71.8 Å². The minimum atomic E-state index is 0.247. The topological polar surface area (TPSA) is 36.1 Å². The van der Waals surface area contributed by atoms with Crippen molar-refractivity contribution < 1.29 is 0 Å². The molecule has 0 aliphatic carbocycles. The fourth-order valence-electron chi connectivity index (χ4n) is 1.91. The highest BCUT2D eigenvalue weighted by Gasteiger charge is 2.05. The van der Waals surface area contributed by atoms with Gasteiger partial charge in [0.25, 0.3) is 0 Å². The van der Waals surface area contributed by atoms with E-state index in [2.05, 4.69) is 54.5 Å². The Hall–Kier alpha value is -1.68. The highest BCUT2D eigenvalue weighted by molar-refractivity contribution is 5.18. The molecule has 2 aromatic rings. The second kappa shape index (κ2) is 7.04. The Morgan fingerprint density at radius 3 is 1.37 bits per heavy atom. The highest BCUT2D eigenvalue weighted by Crippen LogP contribution is 2.11. The number of benzene rings is 2. The Labute approximate surface area is 115 Å². The van der Waals surface area contributed by atoms with E-state index in [0.29, 0.717) is 0 Å². The molecule has 0 aliphatic rings. The van der Waals surface area contributed by atoms with Gasteiger partial charge in [0, 0.05) is 12.1 Å². The first-order chi connectivity index (χ1) is 9.27. The maximum atomic E-state index is 3.24. The molecule has 2 aromatic carbocycles. The third-order valence-corrected chi connectivity index (χ3v) is 3.18. The lowest BCUT2D eigenvalue weighted by Gasteiger charge is -2.19. The van der Waals surface area contributed by atoms with Crippen molar-refractivity contribution in [3.8, 4) is 0 Å². The van der Waals surface area contributed by atoms with E-state index in [1.807, 2.05) is 36.4 Å². The Morgan fingerprint density at radius 1 is 0.632 bits per heavy atom. The largest absolute Gasteiger partial charge is 0.237 e. The zero-order valence-corrected chi connectivity index (χ0v) is 11.4. The van der Waals surface area contributed by atoms with E-state index in [0.717, 1.165) is 0 Å². The highest BCUT2D eigenvalue weighted by atomic mass is 15.6. The van der Waals surface area contributed by atoms with Crippen LogP contribution < -0.4 is 16.4 Å². The van der Waals surface area contributed by atoms with E-state index in [4.69, 9.17) is 0 Å². The van der Waals surface area contributed by atoms with Crippen molar-refractivity contribution in [3.63, 3.8) is 0 Å². The van der Waals surface area contributed by atoms with E-state index < -0.39 is 0 Å². The number of hydrogen-bond donors (Lipinski definition) is 3. The summed E-state index contributed by atoms with van der Waals surface area (Å²) in [6.07, 6.45) is 0. The van der Waals surface area contributed by atoms with Gasteiger partial charge in [-0.2, -0.15) is 5.53 Å². The molecule has 0 saturated carbocycles. The summed E-state index contributed by atoms with van der Waals surface area (Å²) in [5, 5.41) is 0. The molecule has 0 aromatic heterocycles. The van der Waals surface area contributed by atoms with Gasteiger partial charge in [-0.05, 0) is 25.0 Å². The molecular formula is C16H21N3. The van der Waals surface area contributed by atoms with Gasteiger partial charge in [-0.1, -0.05) is 60.7 Å². The van der Waals surface area contributed by atoms with Gasteiger partial charge in [-0.15, -0.1) is 0 Å². The average molecular weight is 255 g/mol. The summed E-state index contributed by atoms with van der Waals surface area (Å²) in [6.45, 7) is 4.24. The van der Waals surface area contributed by atoms with Gasteiger partial charge in [0.2, 0.25) is 0 Å². The fraction of sp³-hybridized carbons (Fsp3) is 0.250. The van der Waals surface area contributed by atoms with Crippen molar-refractivity contribution in [2.75, 3.05) is 0 Å². The third kappa shape index (κ3) is 4.17. The Morgan fingerprint density at radius 2 is 1.00 bits per heavy atom. The Balaban J connectivity index is 1.78. The van der Waals surface area contributed by atoms with Gasteiger partial charge in [0.1, 0.15) is 0 Å². The van der Waals surface area contributed by atoms with Crippen molar-refractivity contribution in [1.29, 1.82) is 0 Å². The molecule has 0 saturated heterocycles. The standard InChI is InChI=1S/C16H21N3/c1-13(15-9-5-3-6-10-15)17-19-18-14(2)16-11-7-4-8-12-16/h3-14,17-19H,1-2H3/t13-,14-/m0/s1. The average Bonchev–Trinajstić information content (AvgIpc) is 2.49. The monoisotopic (exact) mass is 255 g/mol. The third-order valence-electron chi connectivity index (χ3n) is 3.18. The molecule has 100 valence electrons. The molecule has 2 atom stereocenters. The van der Waals surface area contributed by atoms with Gasteiger partial charge < -0.3 is 0 Å². The van der Waals surface area contributed by atoms with Crippen molar-refractivity contribution in [2.24, 2.45) is 0 Å². The predicted molar refractivity (Wildman–Crippen MR) is 79.1 cm³/mol. The molecule has 3 nitrogen and oxygen atoms in total. The molecule has 3 heteroatoms. The summed E-state index contributed by atoms with van der Waals surface area (Å²) in [7, 11) is 0. The van der Waals surface area contributed by atoms with E-state index in [1.165, 1.54) is 11.1 Å². The fourth-order valence-corrected chi connectivity index (χ4v) is 1.91. The van der Waals surface area contributed by atoms with Crippen LogP contribution >= 0.6 is 0 Å². The zero-order valence-electron chi connectivity index (χ0n) is 11.4. The Bertz CT molecular complexity index is 424. The maximum Gasteiger partial charge on any atom is 0.0447 e. The van der Waals surface area contributed by atoms with Crippen LogP contribution in [0.25, 0.3) is 0 Å². The second-order valence-corrected chi connectivity index (χ2v) is 4.68. The lowest BCUT2D eigenvalue weighted by atomic mass is 10.1. The second-order valence-electron chi connectivity index (χ2n) is 4.68. The van der Waals surface area contributed by atoms with Gasteiger partial charge >= 0.3 is 0 Å². The minimum Gasteiger partial charge on any atom is -0.237 e. The van der Waals surface area contributed by atoms with E-state index >= 15 is 0 Å². The van der Waals surface area contributed by atoms with Crippen molar-refractivity contribution in [2.45, 2.75) is 25.9 Å². The molecule has 0 bridgehead atoms. The zero-order chi connectivity index (χ0) is 13.5. The summed E-state index contributed by atoms with van der Waals surface area (Å²) in [4.78, 5) is 0. The summed E-state index contributed by atoms with van der Waals surface area (Å²) in [6, 6.07) is 21.2. The van der Waals surface area contributed by atoms with Crippen LogP contribution in [-0.4, -0.2) is 0 Å². The first-order valence-electron chi connectivity index (χ1n) is 6.63. The van der Waals surface area contributed by atoms with Gasteiger partial charge in [0.05, 0.1) is 0 Å². The van der Waals surface area contributed by atoms with Crippen LogP contribution in [0.3, 0.4) is 0 Å². The number of hydrogen-bond acceptors (Lipinski definition) is 3. The van der Waals surface area contributed by atoms with Gasteiger partial charge in [0.15, 0.2) is 0 Å². The quantitative estimate of drug-likeness (QED) is 0.694. The van der Waals surface area contributed by atoms with Crippen LogP contribution in [0.1, 0.15) is 37.1 Å². The van der Waals surface area contributed by atoms with Crippen LogP contribution in [-0.2, 0) is 0 Å². The van der Waals surface area contributed by atoms with Crippen LogP contribution in [0.15, 0.2) is 60.7 Å². The lowest BCUT2D eigenvalue weighted by Crippen LogP contribution is -2.45. The predicted octanol–water partition coefficient (Wildman–Crippen LogP) is 3.11. The Kier molecular flexibility index (Phi) is 5.10. The molecular weight excluding hydrogens is 234 g/mol. The van der Waals surface area contributed by atoms with Gasteiger partial charge in [-0.3, -0.25) is 0 Å². The molecule has 0 unspecified atom stereocenters. The van der Waals surface area contributed by atoms with E-state index in [-0.39, 0.29) is 12.1 Å². The SMILES string of the molecule is C[C@H](NNN[C@@H](C)c1ccccc1)c1ccccc1. The first-order valence-corrected chi connectivity index (χ1v) is 6.63. The number of rotatable bonds is 6. The number of nitrogens with one attached hydrogen (secondary N) is 3. The minimum absolute atomic E-state index is 0.247. The van der Waals surface area contributed by atoms with E-state index in [9.17, 15) is 0 Å². The molecule has 0 spiro atoms. The maximum absolute atomic E-state index is 3.24. The van der Waals surface area contributed by atoms with Crippen LogP contribution in [0.2, 0.25) is 0 Å². The van der Waals surface area contributed by atoms with E-state index in [1.54, 1.807) is 0 Å². The molecule has 3 N–H and O–H groups in total. The molecule has 19 heavy (non-hydrogen) atoms.